The predicted octanol–water partition coefficient (Wildman–Crippen LogP) is 0.390. The monoisotopic (exact) mass is 422 g/mol. The molecule has 2 aromatic heterocycles. The van der Waals surface area contributed by atoms with E-state index < -0.39 is 17.4 Å². The van der Waals surface area contributed by atoms with Gasteiger partial charge in [-0.3, -0.25) is 13.9 Å². The lowest BCUT2D eigenvalue weighted by Gasteiger charge is -2.18. The quantitative estimate of drug-likeness (QED) is 0.571. The SMILES string of the molecule is CN(C)CC(O)Cn1c(NCc2ccccc2)nc2c1c(=O)n(C)c(=O)n2C.Cl. The summed E-state index contributed by atoms with van der Waals surface area (Å²) in [7, 11) is 6.76. The number of anilines is 1. The number of aromatic nitrogens is 4. The van der Waals surface area contributed by atoms with Crippen molar-refractivity contribution in [2.24, 2.45) is 14.1 Å². The van der Waals surface area contributed by atoms with E-state index in [1.54, 1.807) is 11.6 Å². The number of aliphatic hydroxyl groups is 1. The number of hydrogen-bond acceptors (Lipinski definition) is 6. The third-order valence-electron chi connectivity index (χ3n) is 4.61. The standard InChI is InChI=1S/C19H26N6O3.ClH/c1-22(2)11-14(26)12-25-15-16(23(3)19(28)24(4)17(15)27)21-18(25)20-10-13-8-6-5-7-9-13;/h5-9,14,26H,10-12H2,1-4H3,(H,20,21);1H. The minimum absolute atomic E-state index is 0. The van der Waals surface area contributed by atoms with E-state index in [2.05, 4.69) is 10.3 Å². The van der Waals surface area contributed by atoms with Gasteiger partial charge >= 0.3 is 5.69 Å². The van der Waals surface area contributed by atoms with Crippen molar-refractivity contribution in [3.05, 3.63) is 56.7 Å². The number of imidazole rings is 1. The highest BCUT2D eigenvalue weighted by atomic mass is 35.5. The van der Waals surface area contributed by atoms with Crippen molar-refractivity contribution < 1.29 is 5.11 Å². The Morgan fingerprint density at radius 3 is 2.41 bits per heavy atom. The van der Waals surface area contributed by atoms with Crippen LogP contribution in [0.5, 0.6) is 0 Å². The molecule has 158 valence electrons. The van der Waals surface area contributed by atoms with E-state index in [-0.39, 0.29) is 24.5 Å². The highest BCUT2D eigenvalue weighted by Gasteiger charge is 2.21. The van der Waals surface area contributed by atoms with Gasteiger partial charge in [0.2, 0.25) is 5.95 Å². The zero-order valence-corrected chi connectivity index (χ0v) is 17.8. The van der Waals surface area contributed by atoms with Gasteiger partial charge < -0.3 is 19.9 Å². The lowest BCUT2D eigenvalue weighted by molar-refractivity contribution is 0.121. The van der Waals surface area contributed by atoms with Crippen LogP contribution in [-0.2, 0) is 27.2 Å². The van der Waals surface area contributed by atoms with E-state index in [0.717, 1.165) is 10.1 Å². The zero-order chi connectivity index (χ0) is 20.4. The maximum atomic E-state index is 12.8. The Hall–Kier alpha value is -2.62. The fourth-order valence-corrected chi connectivity index (χ4v) is 3.23. The molecule has 0 aliphatic heterocycles. The third-order valence-corrected chi connectivity index (χ3v) is 4.61. The predicted molar refractivity (Wildman–Crippen MR) is 116 cm³/mol. The Bertz CT molecular complexity index is 1090. The molecule has 2 N–H and O–H groups in total. The number of likely N-dealkylation sites (N-methyl/N-ethyl adjacent to an activating group) is 1. The van der Waals surface area contributed by atoms with Gasteiger partial charge in [0.15, 0.2) is 11.2 Å². The molecular formula is C19H27ClN6O3. The number of aryl methyl sites for hydroxylation is 1. The first kappa shape index (κ1) is 22.7. The number of benzene rings is 1. The summed E-state index contributed by atoms with van der Waals surface area (Å²) in [6.07, 6.45) is -0.702. The third kappa shape index (κ3) is 4.69. The van der Waals surface area contributed by atoms with E-state index in [1.165, 1.54) is 11.6 Å². The molecule has 0 aliphatic rings. The van der Waals surface area contributed by atoms with E-state index in [4.69, 9.17) is 0 Å². The largest absolute Gasteiger partial charge is 0.390 e. The van der Waals surface area contributed by atoms with Crippen LogP contribution in [0.4, 0.5) is 5.95 Å². The zero-order valence-electron chi connectivity index (χ0n) is 17.0. The van der Waals surface area contributed by atoms with Crippen LogP contribution in [0, 0.1) is 0 Å². The number of nitrogens with one attached hydrogen (secondary N) is 1. The van der Waals surface area contributed by atoms with Crippen LogP contribution in [0.3, 0.4) is 0 Å². The molecule has 0 radical (unpaired) electrons. The van der Waals surface area contributed by atoms with Gasteiger partial charge in [0, 0.05) is 27.2 Å². The fraction of sp³-hybridized carbons (Fsp3) is 0.421. The molecule has 0 bridgehead atoms. The van der Waals surface area contributed by atoms with Gasteiger partial charge in [-0.05, 0) is 19.7 Å². The molecule has 3 aromatic rings. The highest BCUT2D eigenvalue weighted by molar-refractivity contribution is 5.85. The first-order valence-electron chi connectivity index (χ1n) is 9.06. The molecule has 2 heterocycles. The molecule has 0 aliphatic carbocycles. The van der Waals surface area contributed by atoms with Crippen molar-refractivity contribution in [1.82, 2.24) is 23.6 Å². The smallest absolute Gasteiger partial charge is 0.332 e. The lowest BCUT2D eigenvalue weighted by atomic mass is 10.2. The first-order valence-corrected chi connectivity index (χ1v) is 9.06. The Balaban J connectivity index is 0.00000300. The Morgan fingerprint density at radius 2 is 1.79 bits per heavy atom. The molecular weight excluding hydrogens is 396 g/mol. The fourth-order valence-electron chi connectivity index (χ4n) is 3.23. The average molecular weight is 423 g/mol. The van der Waals surface area contributed by atoms with Crippen LogP contribution in [0.2, 0.25) is 0 Å². The second-order valence-electron chi connectivity index (χ2n) is 7.18. The molecule has 10 heteroatoms. The number of nitrogens with zero attached hydrogens (tertiary/aromatic N) is 5. The van der Waals surface area contributed by atoms with Gasteiger partial charge in [0.05, 0.1) is 12.6 Å². The molecule has 0 saturated carbocycles. The summed E-state index contributed by atoms with van der Waals surface area (Å²) < 4.78 is 4.06. The van der Waals surface area contributed by atoms with Crippen LogP contribution < -0.4 is 16.6 Å². The van der Waals surface area contributed by atoms with Gasteiger partial charge in [0.1, 0.15) is 0 Å². The van der Waals surface area contributed by atoms with E-state index in [1.807, 2.05) is 49.3 Å². The minimum Gasteiger partial charge on any atom is -0.390 e. The molecule has 29 heavy (non-hydrogen) atoms. The lowest BCUT2D eigenvalue weighted by Crippen LogP contribution is -2.38. The van der Waals surface area contributed by atoms with E-state index in [9.17, 15) is 14.7 Å². The number of hydrogen-bond donors (Lipinski definition) is 2. The van der Waals surface area contributed by atoms with Crippen molar-refractivity contribution in [2.75, 3.05) is 26.0 Å². The number of rotatable bonds is 7. The van der Waals surface area contributed by atoms with Crippen molar-refractivity contribution >= 4 is 29.5 Å². The molecule has 1 atom stereocenters. The number of halogens is 1. The Labute approximate surface area is 174 Å². The highest BCUT2D eigenvalue weighted by Crippen LogP contribution is 2.17. The van der Waals surface area contributed by atoms with Crippen molar-refractivity contribution in [1.29, 1.82) is 0 Å². The summed E-state index contributed by atoms with van der Waals surface area (Å²) in [5.41, 5.74) is 0.761. The van der Waals surface area contributed by atoms with Gasteiger partial charge in [-0.2, -0.15) is 4.98 Å². The molecule has 0 amide bonds. The second kappa shape index (κ2) is 9.25. The minimum atomic E-state index is -0.702. The average Bonchev–Trinajstić information content (AvgIpc) is 3.01. The van der Waals surface area contributed by atoms with Crippen LogP contribution in [0.15, 0.2) is 39.9 Å². The molecule has 0 fully saturated rings. The first-order chi connectivity index (χ1) is 13.3. The van der Waals surface area contributed by atoms with Gasteiger partial charge in [-0.15, -0.1) is 12.4 Å². The maximum absolute atomic E-state index is 12.8. The summed E-state index contributed by atoms with van der Waals surface area (Å²) in [5, 5.41) is 13.7. The van der Waals surface area contributed by atoms with Crippen molar-refractivity contribution in [2.45, 2.75) is 19.2 Å². The number of fused-ring (bicyclic) bond motifs is 1. The summed E-state index contributed by atoms with van der Waals surface area (Å²) in [5.74, 6) is 0.440. The van der Waals surface area contributed by atoms with Crippen LogP contribution in [0.25, 0.3) is 11.2 Å². The summed E-state index contributed by atoms with van der Waals surface area (Å²) in [4.78, 5) is 31.4. The molecule has 1 unspecified atom stereocenters. The van der Waals surface area contributed by atoms with Crippen LogP contribution in [-0.4, -0.2) is 55.4 Å². The second-order valence-corrected chi connectivity index (χ2v) is 7.18. The molecule has 0 spiro atoms. The van der Waals surface area contributed by atoms with E-state index >= 15 is 0 Å². The molecule has 0 saturated heterocycles. The molecule has 1 aromatic carbocycles. The number of aliphatic hydroxyl groups excluding tert-OH is 1. The van der Waals surface area contributed by atoms with E-state index in [0.29, 0.717) is 24.7 Å². The van der Waals surface area contributed by atoms with Gasteiger partial charge in [-0.25, -0.2) is 4.79 Å². The topological polar surface area (TPSA) is 97.3 Å². The normalized spacial score (nSPS) is 12.2. The van der Waals surface area contributed by atoms with Gasteiger partial charge in [-0.1, -0.05) is 30.3 Å². The van der Waals surface area contributed by atoms with Crippen molar-refractivity contribution in [3.63, 3.8) is 0 Å². The molecule has 3 rings (SSSR count). The van der Waals surface area contributed by atoms with Crippen LogP contribution >= 0.6 is 12.4 Å². The summed E-state index contributed by atoms with van der Waals surface area (Å²) in [6, 6.07) is 9.79. The molecule has 9 nitrogen and oxygen atoms in total. The van der Waals surface area contributed by atoms with Gasteiger partial charge in [0.25, 0.3) is 5.56 Å². The van der Waals surface area contributed by atoms with Crippen LogP contribution in [0.1, 0.15) is 5.56 Å². The van der Waals surface area contributed by atoms with Crippen molar-refractivity contribution in [3.8, 4) is 0 Å². The Morgan fingerprint density at radius 1 is 1.14 bits per heavy atom. The Kier molecular flexibility index (Phi) is 7.23. The maximum Gasteiger partial charge on any atom is 0.332 e. The summed E-state index contributed by atoms with van der Waals surface area (Å²) in [6.45, 7) is 1.12. The summed E-state index contributed by atoms with van der Waals surface area (Å²) >= 11 is 0.